The van der Waals surface area contributed by atoms with Gasteiger partial charge in [0.1, 0.15) is 0 Å². The number of benzene rings is 1. The van der Waals surface area contributed by atoms with Crippen molar-refractivity contribution in [1.29, 1.82) is 0 Å². The number of halogens is 1. The van der Waals surface area contributed by atoms with Gasteiger partial charge in [-0.1, -0.05) is 11.6 Å². The number of hydrogen-bond donors (Lipinski definition) is 1. The molecule has 0 aliphatic carbocycles. The van der Waals surface area contributed by atoms with Gasteiger partial charge >= 0.3 is 0 Å². The standard InChI is InChI=1S/C14H20ClN3O/c15-13-9-11(16)1-2-14(13)18-4-3-12(10-18)17-5-7-19-8-6-17/h1-2,9,12H,3-8,10,16H2. The molecule has 19 heavy (non-hydrogen) atoms. The van der Waals surface area contributed by atoms with Crippen molar-refractivity contribution in [2.24, 2.45) is 0 Å². The molecule has 2 heterocycles. The van der Waals surface area contributed by atoms with E-state index in [2.05, 4.69) is 9.80 Å². The Morgan fingerprint density at radius 1 is 1.21 bits per heavy atom. The van der Waals surface area contributed by atoms with Gasteiger partial charge in [0.25, 0.3) is 0 Å². The van der Waals surface area contributed by atoms with Crippen LogP contribution in [-0.2, 0) is 4.74 Å². The summed E-state index contributed by atoms with van der Waals surface area (Å²) >= 11 is 6.29. The third kappa shape index (κ3) is 2.81. The summed E-state index contributed by atoms with van der Waals surface area (Å²) in [5, 5.41) is 0.752. The zero-order valence-corrected chi connectivity index (χ0v) is 11.8. The fraction of sp³-hybridized carbons (Fsp3) is 0.571. The van der Waals surface area contributed by atoms with Crippen LogP contribution < -0.4 is 10.6 Å². The van der Waals surface area contributed by atoms with E-state index in [0.717, 1.165) is 55.8 Å². The maximum absolute atomic E-state index is 6.29. The first-order valence-corrected chi connectivity index (χ1v) is 7.23. The molecular formula is C14H20ClN3O. The van der Waals surface area contributed by atoms with Gasteiger partial charge in [-0.15, -0.1) is 0 Å². The second kappa shape index (κ2) is 5.57. The molecule has 0 saturated carbocycles. The smallest absolute Gasteiger partial charge is 0.0660 e. The van der Waals surface area contributed by atoms with E-state index in [9.17, 15) is 0 Å². The van der Waals surface area contributed by atoms with Gasteiger partial charge < -0.3 is 15.4 Å². The zero-order valence-electron chi connectivity index (χ0n) is 11.0. The van der Waals surface area contributed by atoms with Gasteiger partial charge in [-0.3, -0.25) is 4.90 Å². The van der Waals surface area contributed by atoms with Gasteiger partial charge in [-0.25, -0.2) is 0 Å². The summed E-state index contributed by atoms with van der Waals surface area (Å²) in [7, 11) is 0. The van der Waals surface area contributed by atoms with Crippen LogP contribution in [0.4, 0.5) is 11.4 Å². The normalized spacial score (nSPS) is 24.9. The molecule has 2 aliphatic rings. The highest BCUT2D eigenvalue weighted by Gasteiger charge is 2.29. The Morgan fingerprint density at radius 2 is 2.00 bits per heavy atom. The second-order valence-electron chi connectivity index (χ2n) is 5.25. The Kier molecular flexibility index (Phi) is 3.82. The van der Waals surface area contributed by atoms with Crippen LogP contribution in [0.1, 0.15) is 6.42 Å². The number of anilines is 2. The molecule has 2 aliphatic heterocycles. The Morgan fingerprint density at radius 3 is 2.74 bits per heavy atom. The quantitative estimate of drug-likeness (QED) is 0.840. The summed E-state index contributed by atoms with van der Waals surface area (Å²) in [4.78, 5) is 4.90. The summed E-state index contributed by atoms with van der Waals surface area (Å²) in [6, 6.07) is 6.40. The monoisotopic (exact) mass is 281 g/mol. The first kappa shape index (κ1) is 13.0. The van der Waals surface area contributed by atoms with Gasteiger partial charge in [-0.2, -0.15) is 0 Å². The molecule has 0 aromatic heterocycles. The average molecular weight is 282 g/mol. The van der Waals surface area contributed by atoms with E-state index in [0.29, 0.717) is 6.04 Å². The minimum Gasteiger partial charge on any atom is -0.399 e. The molecule has 0 spiro atoms. The molecule has 1 aromatic rings. The summed E-state index contributed by atoms with van der Waals surface area (Å²) in [5.41, 5.74) is 7.57. The van der Waals surface area contributed by atoms with E-state index < -0.39 is 0 Å². The van der Waals surface area contributed by atoms with Gasteiger partial charge in [-0.05, 0) is 24.6 Å². The number of morpholine rings is 1. The lowest BCUT2D eigenvalue weighted by Gasteiger charge is -2.32. The highest BCUT2D eigenvalue weighted by Crippen LogP contribution is 2.31. The maximum Gasteiger partial charge on any atom is 0.0660 e. The molecule has 1 unspecified atom stereocenters. The largest absolute Gasteiger partial charge is 0.399 e. The van der Waals surface area contributed by atoms with Crippen LogP contribution in [-0.4, -0.2) is 50.3 Å². The number of hydrogen-bond acceptors (Lipinski definition) is 4. The molecule has 104 valence electrons. The van der Waals surface area contributed by atoms with Crippen molar-refractivity contribution in [2.45, 2.75) is 12.5 Å². The predicted molar refractivity (Wildman–Crippen MR) is 78.9 cm³/mol. The molecule has 2 saturated heterocycles. The zero-order chi connectivity index (χ0) is 13.2. The number of nitrogen functional groups attached to an aromatic ring is 1. The third-order valence-electron chi connectivity index (χ3n) is 4.04. The third-order valence-corrected chi connectivity index (χ3v) is 4.34. The molecule has 5 heteroatoms. The fourth-order valence-corrected chi connectivity index (χ4v) is 3.29. The first-order chi connectivity index (χ1) is 9.24. The Hall–Kier alpha value is -0.970. The van der Waals surface area contributed by atoms with Crippen molar-refractivity contribution in [1.82, 2.24) is 4.90 Å². The minimum atomic E-state index is 0.623. The van der Waals surface area contributed by atoms with E-state index in [4.69, 9.17) is 22.1 Å². The molecule has 0 bridgehead atoms. The molecular weight excluding hydrogens is 262 g/mol. The highest BCUT2D eigenvalue weighted by atomic mass is 35.5. The lowest BCUT2D eigenvalue weighted by Crippen LogP contribution is -2.44. The lowest BCUT2D eigenvalue weighted by atomic mass is 10.2. The van der Waals surface area contributed by atoms with Crippen molar-refractivity contribution in [3.63, 3.8) is 0 Å². The SMILES string of the molecule is Nc1ccc(N2CCC(N3CCOCC3)C2)c(Cl)c1. The number of ether oxygens (including phenoxy) is 1. The molecule has 3 rings (SSSR count). The summed E-state index contributed by atoms with van der Waals surface area (Å²) in [6.07, 6.45) is 1.20. The van der Waals surface area contributed by atoms with Gasteiger partial charge in [0.05, 0.1) is 23.9 Å². The summed E-state index contributed by atoms with van der Waals surface area (Å²) in [5.74, 6) is 0. The Balaban J connectivity index is 1.67. The van der Waals surface area contributed by atoms with Crippen molar-refractivity contribution in [3.05, 3.63) is 23.2 Å². The highest BCUT2D eigenvalue weighted by molar-refractivity contribution is 6.33. The number of nitrogens with zero attached hydrogens (tertiary/aromatic N) is 2. The van der Waals surface area contributed by atoms with Crippen LogP contribution in [0.2, 0.25) is 5.02 Å². The first-order valence-electron chi connectivity index (χ1n) is 6.86. The molecule has 0 amide bonds. The van der Waals surface area contributed by atoms with Crippen molar-refractivity contribution in [2.75, 3.05) is 50.0 Å². The van der Waals surface area contributed by atoms with E-state index in [1.165, 1.54) is 6.42 Å². The predicted octanol–water partition coefficient (Wildman–Crippen LogP) is 1.83. The van der Waals surface area contributed by atoms with Crippen LogP contribution in [0.5, 0.6) is 0 Å². The fourth-order valence-electron chi connectivity index (χ4n) is 2.98. The van der Waals surface area contributed by atoms with Crippen LogP contribution in [0.25, 0.3) is 0 Å². The van der Waals surface area contributed by atoms with Crippen molar-refractivity contribution in [3.8, 4) is 0 Å². The molecule has 2 fully saturated rings. The number of rotatable bonds is 2. The lowest BCUT2D eigenvalue weighted by molar-refractivity contribution is 0.0209. The molecule has 2 N–H and O–H groups in total. The second-order valence-corrected chi connectivity index (χ2v) is 5.65. The maximum atomic E-state index is 6.29. The van der Waals surface area contributed by atoms with E-state index in [1.54, 1.807) is 0 Å². The van der Waals surface area contributed by atoms with E-state index in [-0.39, 0.29) is 0 Å². The number of nitrogens with two attached hydrogens (primary N) is 1. The van der Waals surface area contributed by atoms with Gasteiger partial charge in [0.2, 0.25) is 0 Å². The minimum absolute atomic E-state index is 0.623. The van der Waals surface area contributed by atoms with E-state index >= 15 is 0 Å². The van der Waals surface area contributed by atoms with Crippen LogP contribution in [0.3, 0.4) is 0 Å². The topological polar surface area (TPSA) is 41.7 Å². The average Bonchev–Trinajstić information content (AvgIpc) is 2.89. The van der Waals surface area contributed by atoms with Crippen LogP contribution in [0, 0.1) is 0 Å². The summed E-state index contributed by atoms with van der Waals surface area (Å²) in [6.45, 7) is 5.93. The Labute approximate surface area is 119 Å². The molecule has 0 radical (unpaired) electrons. The Bertz CT molecular complexity index is 448. The van der Waals surface area contributed by atoms with Gasteiger partial charge in [0.15, 0.2) is 0 Å². The molecule has 4 nitrogen and oxygen atoms in total. The molecule has 1 atom stereocenters. The van der Waals surface area contributed by atoms with Crippen LogP contribution >= 0.6 is 11.6 Å². The van der Waals surface area contributed by atoms with Crippen molar-refractivity contribution < 1.29 is 4.74 Å². The van der Waals surface area contributed by atoms with Crippen molar-refractivity contribution >= 4 is 23.0 Å². The van der Waals surface area contributed by atoms with Gasteiger partial charge in [0, 0.05) is 37.9 Å². The molecule has 1 aromatic carbocycles. The van der Waals surface area contributed by atoms with Crippen LogP contribution in [0.15, 0.2) is 18.2 Å². The summed E-state index contributed by atoms with van der Waals surface area (Å²) < 4.78 is 5.41. The van der Waals surface area contributed by atoms with E-state index in [1.807, 2.05) is 18.2 Å².